The topological polar surface area (TPSA) is 21.6 Å². The van der Waals surface area contributed by atoms with Gasteiger partial charge in [-0.15, -0.1) is 0 Å². The molecule has 0 saturated heterocycles. The third-order valence-corrected chi connectivity index (χ3v) is 2.80. The number of benzene rings is 1. The predicted octanol–water partition coefficient (Wildman–Crippen LogP) is 2.84. The van der Waals surface area contributed by atoms with Crippen molar-refractivity contribution < 1.29 is 4.74 Å². The standard InChI is InChI=1S/C13H17NO/c1-3-4-13-12-9-11(15-2)6-5-10(12)7-8-14-13/h5-6,9H,3-4,7-8H2,1-2H3. The summed E-state index contributed by atoms with van der Waals surface area (Å²) in [5.74, 6) is 0.930. The van der Waals surface area contributed by atoms with Crippen LogP contribution in [0.15, 0.2) is 23.2 Å². The van der Waals surface area contributed by atoms with Crippen LogP contribution in [0.3, 0.4) is 0 Å². The lowest BCUT2D eigenvalue weighted by Crippen LogP contribution is -2.12. The van der Waals surface area contributed by atoms with E-state index in [1.54, 1.807) is 7.11 Å². The molecule has 0 unspecified atom stereocenters. The van der Waals surface area contributed by atoms with Crippen molar-refractivity contribution in [2.75, 3.05) is 13.7 Å². The summed E-state index contributed by atoms with van der Waals surface area (Å²) in [6, 6.07) is 6.31. The molecule has 0 bridgehead atoms. The number of hydrogen-bond acceptors (Lipinski definition) is 2. The number of fused-ring (bicyclic) bond motifs is 1. The molecule has 0 radical (unpaired) electrons. The number of nitrogens with zero attached hydrogens (tertiary/aromatic N) is 1. The molecule has 1 heterocycles. The molecule has 0 amide bonds. The van der Waals surface area contributed by atoms with E-state index in [0.717, 1.165) is 31.6 Å². The van der Waals surface area contributed by atoms with Gasteiger partial charge in [-0.2, -0.15) is 0 Å². The van der Waals surface area contributed by atoms with Gasteiger partial charge in [0.05, 0.1) is 7.11 Å². The zero-order chi connectivity index (χ0) is 10.7. The van der Waals surface area contributed by atoms with Crippen molar-refractivity contribution in [3.8, 4) is 5.75 Å². The maximum absolute atomic E-state index is 5.25. The van der Waals surface area contributed by atoms with Crippen molar-refractivity contribution in [3.63, 3.8) is 0 Å². The van der Waals surface area contributed by atoms with Crippen LogP contribution in [-0.2, 0) is 6.42 Å². The van der Waals surface area contributed by atoms with Crippen molar-refractivity contribution in [2.45, 2.75) is 26.2 Å². The second-order valence-electron chi connectivity index (χ2n) is 3.85. The molecule has 0 spiro atoms. The van der Waals surface area contributed by atoms with Crippen molar-refractivity contribution >= 4 is 5.71 Å². The number of methoxy groups -OCH3 is 1. The van der Waals surface area contributed by atoms with Crippen molar-refractivity contribution in [1.82, 2.24) is 0 Å². The van der Waals surface area contributed by atoms with Crippen molar-refractivity contribution in [2.24, 2.45) is 4.99 Å². The average Bonchev–Trinajstić information content (AvgIpc) is 2.29. The van der Waals surface area contributed by atoms with Gasteiger partial charge in [0, 0.05) is 17.8 Å². The van der Waals surface area contributed by atoms with E-state index in [1.165, 1.54) is 16.8 Å². The van der Waals surface area contributed by atoms with Gasteiger partial charge in [0.25, 0.3) is 0 Å². The summed E-state index contributed by atoms with van der Waals surface area (Å²) in [5.41, 5.74) is 3.95. The van der Waals surface area contributed by atoms with Crippen molar-refractivity contribution in [3.05, 3.63) is 29.3 Å². The normalized spacial score (nSPS) is 14.4. The summed E-state index contributed by atoms with van der Waals surface area (Å²) in [5, 5.41) is 0. The molecule has 1 aliphatic heterocycles. The Bertz CT molecular complexity index is 382. The quantitative estimate of drug-likeness (QED) is 0.740. The highest BCUT2D eigenvalue weighted by molar-refractivity contribution is 6.02. The Kier molecular flexibility index (Phi) is 3.05. The monoisotopic (exact) mass is 203 g/mol. The summed E-state index contributed by atoms with van der Waals surface area (Å²) in [4.78, 5) is 4.60. The zero-order valence-electron chi connectivity index (χ0n) is 9.42. The highest BCUT2D eigenvalue weighted by atomic mass is 16.5. The van der Waals surface area contributed by atoms with E-state index >= 15 is 0 Å². The first-order valence-electron chi connectivity index (χ1n) is 5.55. The van der Waals surface area contributed by atoms with Crippen LogP contribution in [0.25, 0.3) is 0 Å². The molecule has 80 valence electrons. The summed E-state index contributed by atoms with van der Waals surface area (Å²) >= 11 is 0. The maximum Gasteiger partial charge on any atom is 0.119 e. The molecule has 0 aromatic heterocycles. The van der Waals surface area contributed by atoms with Gasteiger partial charge in [0.2, 0.25) is 0 Å². The number of ether oxygens (including phenoxy) is 1. The zero-order valence-corrected chi connectivity index (χ0v) is 9.42. The molecule has 0 saturated carbocycles. The molecule has 2 rings (SSSR count). The molecular weight excluding hydrogens is 186 g/mol. The van der Waals surface area contributed by atoms with E-state index in [2.05, 4.69) is 24.0 Å². The number of rotatable bonds is 3. The van der Waals surface area contributed by atoms with E-state index in [1.807, 2.05) is 6.07 Å². The summed E-state index contributed by atoms with van der Waals surface area (Å²) in [7, 11) is 1.71. The third kappa shape index (κ3) is 2.04. The molecule has 0 N–H and O–H groups in total. The Balaban J connectivity index is 2.38. The molecule has 2 heteroatoms. The van der Waals surface area contributed by atoms with E-state index in [4.69, 9.17) is 4.74 Å². The summed E-state index contributed by atoms with van der Waals surface area (Å²) < 4.78 is 5.25. The minimum Gasteiger partial charge on any atom is -0.497 e. The molecule has 0 fully saturated rings. The van der Waals surface area contributed by atoms with Gasteiger partial charge >= 0.3 is 0 Å². The first-order chi connectivity index (χ1) is 7.35. The second-order valence-corrected chi connectivity index (χ2v) is 3.85. The largest absolute Gasteiger partial charge is 0.497 e. The Morgan fingerprint density at radius 3 is 3.00 bits per heavy atom. The number of aliphatic imine (C=N–C) groups is 1. The molecule has 1 aliphatic rings. The highest BCUT2D eigenvalue weighted by Gasteiger charge is 2.13. The fraction of sp³-hybridized carbons (Fsp3) is 0.462. The van der Waals surface area contributed by atoms with Crippen LogP contribution in [0.1, 0.15) is 30.9 Å². The van der Waals surface area contributed by atoms with E-state index in [9.17, 15) is 0 Å². The van der Waals surface area contributed by atoms with Gasteiger partial charge in [-0.1, -0.05) is 19.4 Å². The van der Waals surface area contributed by atoms with E-state index in [-0.39, 0.29) is 0 Å². The predicted molar refractivity (Wildman–Crippen MR) is 63.0 cm³/mol. The highest BCUT2D eigenvalue weighted by Crippen LogP contribution is 2.23. The van der Waals surface area contributed by atoms with E-state index < -0.39 is 0 Å². The van der Waals surface area contributed by atoms with Crippen LogP contribution >= 0.6 is 0 Å². The van der Waals surface area contributed by atoms with Gasteiger partial charge in [0.15, 0.2) is 0 Å². The SMILES string of the molecule is CCCC1=NCCc2ccc(OC)cc21. The van der Waals surface area contributed by atoms with Crippen LogP contribution in [-0.4, -0.2) is 19.4 Å². The molecule has 1 aromatic rings. The lowest BCUT2D eigenvalue weighted by molar-refractivity contribution is 0.414. The minimum absolute atomic E-state index is 0.930. The van der Waals surface area contributed by atoms with E-state index in [0.29, 0.717) is 0 Å². The summed E-state index contributed by atoms with van der Waals surface area (Å²) in [6.45, 7) is 3.13. The smallest absolute Gasteiger partial charge is 0.119 e. The molecule has 15 heavy (non-hydrogen) atoms. The molecule has 2 nitrogen and oxygen atoms in total. The second kappa shape index (κ2) is 4.47. The fourth-order valence-corrected chi connectivity index (χ4v) is 2.02. The minimum atomic E-state index is 0.930. The van der Waals surface area contributed by atoms with Crippen LogP contribution in [0.4, 0.5) is 0 Å². The van der Waals surface area contributed by atoms with Crippen LogP contribution in [0.5, 0.6) is 5.75 Å². The fourth-order valence-electron chi connectivity index (χ4n) is 2.02. The summed E-state index contributed by atoms with van der Waals surface area (Å²) in [6.07, 6.45) is 3.28. The number of hydrogen-bond donors (Lipinski definition) is 0. The molecule has 0 aliphatic carbocycles. The van der Waals surface area contributed by atoms with Gasteiger partial charge in [0.1, 0.15) is 5.75 Å². The lowest BCUT2D eigenvalue weighted by Gasteiger charge is -2.17. The molecular formula is C13H17NO. The van der Waals surface area contributed by atoms with Crippen molar-refractivity contribution in [1.29, 1.82) is 0 Å². The van der Waals surface area contributed by atoms with Gasteiger partial charge in [-0.25, -0.2) is 0 Å². The molecule has 0 atom stereocenters. The molecule has 1 aromatic carbocycles. The van der Waals surface area contributed by atoms with Gasteiger partial charge in [-0.3, -0.25) is 4.99 Å². The van der Waals surface area contributed by atoms with Crippen LogP contribution in [0, 0.1) is 0 Å². The third-order valence-electron chi connectivity index (χ3n) is 2.80. The van der Waals surface area contributed by atoms with Crippen LogP contribution < -0.4 is 4.74 Å². The van der Waals surface area contributed by atoms with Gasteiger partial charge in [-0.05, 0) is 30.5 Å². The Morgan fingerprint density at radius 2 is 2.27 bits per heavy atom. The van der Waals surface area contributed by atoms with Crippen LogP contribution in [0.2, 0.25) is 0 Å². The Hall–Kier alpha value is -1.31. The first kappa shape index (κ1) is 10.2. The Labute approximate surface area is 91.0 Å². The average molecular weight is 203 g/mol. The lowest BCUT2D eigenvalue weighted by atomic mass is 9.95. The first-order valence-corrected chi connectivity index (χ1v) is 5.55. The van der Waals surface area contributed by atoms with Gasteiger partial charge < -0.3 is 4.74 Å². The maximum atomic E-state index is 5.25. The Morgan fingerprint density at radius 1 is 1.40 bits per heavy atom.